The van der Waals surface area contributed by atoms with E-state index in [1.807, 2.05) is 25.1 Å². The summed E-state index contributed by atoms with van der Waals surface area (Å²) < 4.78 is 5.80. The molecule has 142 valence electrons. The van der Waals surface area contributed by atoms with E-state index in [4.69, 9.17) is 4.74 Å². The van der Waals surface area contributed by atoms with E-state index in [1.165, 1.54) is 12.8 Å². The number of amides is 2. The molecule has 0 radical (unpaired) electrons. The highest BCUT2D eigenvalue weighted by Gasteiger charge is 2.28. The van der Waals surface area contributed by atoms with Crippen molar-refractivity contribution in [3.63, 3.8) is 0 Å². The third-order valence-electron chi connectivity index (χ3n) is 5.46. The molecule has 0 saturated heterocycles. The van der Waals surface area contributed by atoms with Gasteiger partial charge in [-0.25, -0.2) is 0 Å². The zero-order valence-corrected chi connectivity index (χ0v) is 15.8. The number of hydrogen-bond donors (Lipinski definition) is 2. The van der Waals surface area contributed by atoms with Gasteiger partial charge >= 0.3 is 0 Å². The number of rotatable bonds is 5. The van der Waals surface area contributed by atoms with Crippen LogP contribution in [0.2, 0.25) is 0 Å². The second-order valence-electron chi connectivity index (χ2n) is 7.80. The quantitative estimate of drug-likeness (QED) is 0.844. The molecule has 5 heteroatoms. The van der Waals surface area contributed by atoms with Crippen molar-refractivity contribution >= 4 is 17.5 Å². The molecule has 0 unspecified atom stereocenters. The van der Waals surface area contributed by atoms with Crippen LogP contribution in [0.15, 0.2) is 18.2 Å². The molecule has 2 N–H and O–H groups in total. The van der Waals surface area contributed by atoms with Crippen LogP contribution in [0.5, 0.6) is 5.75 Å². The van der Waals surface area contributed by atoms with Crippen molar-refractivity contribution in [2.24, 2.45) is 11.8 Å². The lowest BCUT2D eigenvalue weighted by atomic mass is 9.87. The van der Waals surface area contributed by atoms with Crippen molar-refractivity contribution in [1.29, 1.82) is 0 Å². The van der Waals surface area contributed by atoms with Crippen LogP contribution in [0.4, 0.5) is 5.69 Å². The summed E-state index contributed by atoms with van der Waals surface area (Å²) in [5, 5.41) is 6.13. The Morgan fingerprint density at radius 2 is 1.96 bits per heavy atom. The van der Waals surface area contributed by atoms with Gasteiger partial charge in [-0.1, -0.05) is 13.8 Å². The lowest BCUT2D eigenvalue weighted by Gasteiger charge is -2.30. The van der Waals surface area contributed by atoms with E-state index in [-0.39, 0.29) is 17.7 Å². The molecule has 0 bridgehead atoms. The molecule has 26 heavy (non-hydrogen) atoms. The van der Waals surface area contributed by atoms with E-state index < -0.39 is 0 Å². The number of ether oxygens (including phenoxy) is 1. The fourth-order valence-electron chi connectivity index (χ4n) is 3.81. The molecular weight excluding hydrogens is 328 g/mol. The molecule has 0 aromatic heterocycles. The molecular formula is C21H30N2O3. The number of fused-ring (bicyclic) bond motifs is 1. The normalized spacial score (nSPS) is 24.9. The van der Waals surface area contributed by atoms with Gasteiger partial charge < -0.3 is 15.4 Å². The maximum Gasteiger partial charge on any atom is 0.227 e. The topological polar surface area (TPSA) is 67.4 Å². The summed E-state index contributed by atoms with van der Waals surface area (Å²) in [7, 11) is 0. The summed E-state index contributed by atoms with van der Waals surface area (Å²) in [6.45, 7) is 4.68. The molecule has 1 aromatic rings. The Hall–Kier alpha value is -2.04. The van der Waals surface area contributed by atoms with Crippen molar-refractivity contribution in [2.45, 2.75) is 64.8 Å². The van der Waals surface area contributed by atoms with Crippen LogP contribution in [-0.4, -0.2) is 24.5 Å². The summed E-state index contributed by atoms with van der Waals surface area (Å²) in [4.78, 5) is 24.4. The molecule has 5 nitrogen and oxygen atoms in total. The first-order valence-corrected chi connectivity index (χ1v) is 9.91. The Morgan fingerprint density at radius 1 is 1.19 bits per heavy atom. The van der Waals surface area contributed by atoms with Gasteiger partial charge in [0.25, 0.3) is 0 Å². The average Bonchev–Trinajstić information content (AvgIpc) is 2.63. The van der Waals surface area contributed by atoms with Gasteiger partial charge in [-0.3, -0.25) is 9.59 Å². The molecule has 1 aliphatic carbocycles. The van der Waals surface area contributed by atoms with E-state index in [2.05, 4.69) is 17.6 Å². The van der Waals surface area contributed by atoms with Crippen LogP contribution in [0, 0.1) is 11.8 Å². The Labute approximate surface area is 155 Å². The summed E-state index contributed by atoms with van der Waals surface area (Å²) in [6.07, 6.45) is 6.52. The molecule has 1 fully saturated rings. The van der Waals surface area contributed by atoms with Gasteiger partial charge in [-0.2, -0.15) is 0 Å². The maximum atomic E-state index is 12.6. The zero-order chi connectivity index (χ0) is 18.5. The SMILES string of the molecule is CCCC(=O)Nc1ccc2c(c1)C[C@@H](C(=O)NC1CCC(C)CC1)CO2. The summed E-state index contributed by atoms with van der Waals surface area (Å²) in [5.74, 6) is 1.53. The molecule has 0 spiro atoms. The highest BCUT2D eigenvalue weighted by atomic mass is 16.5. The largest absolute Gasteiger partial charge is 0.492 e. The van der Waals surface area contributed by atoms with Gasteiger partial charge in [-0.15, -0.1) is 0 Å². The summed E-state index contributed by atoms with van der Waals surface area (Å²) in [5.41, 5.74) is 1.76. The van der Waals surface area contributed by atoms with Crippen LogP contribution in [0.1, 0.15) is 57.9 Å². The van der Waals surface area contributed by atoms with E-state index >= 15 is 0 Å². The maximum absolute atomic E-state index is 12.6. The predicted molar refractivity (Wildman–Crippen MR) is 102 cm³/mol. The number of benzene rings is 1. The number of carbonyl (C=O) groups excluding carboxylic acids is 2. The van der Waals surface area contributed by atoms with Crippen molar-refractivity contribution < 1.29 is 14.3 Å². The fraction of sp³-hybridized carbons (Fsp3) is 0.619. The number of carbonyl (C=O) groups is 2. The highest BCUT2D eigenvalue weighted by Crippen LogP contribution is 2.30. The molecule has 1 heterocycles. The number of hydrogen-bond acceptors (Lipinski definition) is 3. The molecule has 1 saturated carbocycles. The van der Waals surface area contributed by atoms with Crippen LogP contribution in [-0.2, 0) is 16.0 Å². The first-order valence-electron chi connectivity index (χ1n) is 9.91. The van der Waals surface area contributed by atoms with E-state index in [0.717, 1.165) is 42.2 Å². The van der Waals surface area contributed by atoms with Gasteiger partial charge in [0.2, 0.25) is 11.8 Å². The van der Waals surface area contributed by atoms with Crippen LogP contribution >= 0.6 is 0 Å². The molecule has 3 rings (SSSR count). The second kappa shape index (κ2) is 8.56. The van der Waals surface area contributed by atoms with Gasteiger partial charge in [0.05, 0.1) is 5.92 Å². The van der Waals surface area contributed by atoms with Crippen molar-refractivity contribution in [2.75, 3.05) is 11.9 Å². The standard InChI is InChI=1S/C21H30N2O3/c1-3-4-20(24)22-18-9-10-19-15(12-18)11-16(13-26-19)21(25)23-17-7-5-14(2)6-8-17/h9-10,12,14,16-17H,3-8,11,13H2,1-2H3,(H,22,24)(H,23,25)/t14?,16-,17?/m1/s1. The molecule has 2 aliphatic rings. The van der Waals surface area contributed by atoms with Crippen molar-refractivity contribution in [3.8, 4) is 5.75 Å². The number of anilines is 1. The van der Waals surface area contributed by atoms with Crippen molar-refractivity contribution in [1.82, 2.24) is 5.32 Å². The summed E-state index contributed by atoms with van der Waals surface area (Å²) >= 11 is 0. The molecule has 1 aromatic carbocycles. The Morgan fingerprint density at radius 3 is 2.69 bits per heavy atom. The lowest BCUT2D eigenvalue weighted by Crippen LogP contribution is -2.43. The lowest BCUT2D eigenvalue weighted by molar-refractivity contribution is -0.127. The second-order valence-corrected chi connectivity index (χ2v) is 7.80. The van der Waals surface area contributed by atoms with Crippen LogP contribution < -0.4 is 15.4 Å². The van der Waals surface area contributed by atoms with Gasteiger partial charge in [0, 0.05) is 18.2 Å². The minimum atomic E-state index is -0.163. The van der Waals surface area contributed by atoms with E-state index in [1.54, 1.807) is 0 Å². The van der Waals surface area contributed by atoms with E-state index in [9.17, 15) is 9.59 Å². The van der Waals surface area contributed by atoms with Crippen molar-refractivity contribution in [3.05, 3.63) is 23.8 Å². The van der Waals surface area contributed by atoms with Gasteiger partial charge in [0.1, 0.15) is 12.4 Å². The molecule has 1 aliphatic heterocycles. The van der Waals surface area contributed by atoms with Crippen LogP contribution in [0.3, 0.4) is 0 Å². The monoisotopic (exact) mass is 358 g/mol. The van der Waals surface area contributed by atoms with E-state index in [0.29, 0.717) is 25.5 Å². The Balaban J connectivity index is 1.59. The Bertz CT molecular complexity index is 651. The third kappa shape index (κ3) is 4.77. The van der Waals surface area contributed by atoms with Crippen LogP contribution in [0.25, 0.3) is 0 Å². The van der Waals surface area contributed by atoms with Gasteiger partial charge in [0.15, 0.2) is 0 Å². The zero-order valence-electron chi connectivity index (χ0n) is 15.8. The first-order chi connectivity index (χ1) is 12.5. The first kappa shape index (κ1) is 18.7. The third-order valence-corrected chi connectivity index (χ3v) is 5.46. The predicted octanol–water partition coefficient (Wildman–Crippen LogP) is 3.67. The fourth-order valence-corrected chi connectivity index (χ4v) is 3.81. The highest BCUT2D eigenvalue weighted by molar-refractivity contribution is 5.91. The number of nitrogens with one attached hydrogen (secondary N) is 2. The smallest absolute Gasteiger partial charge is 0.227 e. The van der Waals surface area contributed by atoms with Gasteiger partial charge in [-0.05, 0) is 68.2 Å². The summed E-state index contributed by atoms with van der Waals surface area (Å²) in [6, 6.07) is 5.98. The molecule has 2 amide bonds. The minimum absolute atomic E-state index is 0.0185. The Kier molecular flexibility index (Phi) is 6.17. The average molecular weight is 358 g/mol. The minimum Gasteiger partial charge on any atom is -0.492 e. The molecule has 1 atom stereocenters.